The summed E-state index contributed by atoms with van der Waals surface area (Å²) in [7, 11) is 0. The van der Waals surface area contributed by atoms with Gasteiger partial charge in [0.25, 0.3) is 0 Å². The van der Waals surface area contributed by atoms with Crippen molar-refractivity contribution in [2.45, 2.75) is 83.1 Å². The molecule has 0 atom stereocenters. The Kier molecular flexibility index (Phi) is 7.33. The molecule has 3 rings (SSSR count). The molecule has 3 N–H and O–H groups in total. The van der Waals surface area contributed by atoms with Crippen LogP contribution >= 0.6 is 0 Å². The number of benzene rings is 2. The van der Waals surface area contributed by atoms with E-state index in [1.165, 1.54) is 47.0 Å². The van der Waals surface area contributed by atoms with Gasteiger partial charge in [-0.1, -0.05) is 67.8 Å². The van der Waals surface area contributed by atoms with E-state index in [2.05, 4.69) is 5.32 Å². The summed E-state index contributed by atoms with van der Waals surface area (Å²) in [5, 5.41) is 23.8. The van der Waals surface area contributed by atoms with Gasteiger partial charge in [0.2, 0.25) is 0 Å². The van der Waals surface area contributed by atoms with Crippen LogP contribution in [0.4, 0.5) is 0 Å². The lowest BCUT2D eigenvalue weighted by Gasteiger charge is -2.29. The van der Waals surface area contributed by atoms with Crippen molar-refractivity contribution in [1.82, 2.24) is 5.32 Å². The third-order valence-corrected chi connectivity index (χ3v) is 6.13. The van der Waals surface area contributed by atoms with Crippen LogP contribution in [0.2, 0.25) is 0 Å². The molecule has 1 aliphatic carbocycles. The van der Waals surface area contributed by atoms with Crippen molar-refractivity contribution >= 4 is 11.6 Å². The zero-order valence-electron chi connectivity index (χ0n) is 19.5. The van der Waals surface area contributed by atoms with E-state index < -0.39 is 11.2 Å². The SMILES string of the molecule is CC(C)(O)C(=O)c1ccc(C(NC2CCCCC2)c2ccc(C(=O)C(C)(C)O)cc2)cc1. The first-order chi connectivity index (χ1) is 15.0. The summed E-state index contributed by atoms with van der Waals surface area (Å²) in [6.07, 6.45) is 5.94. The molecule has 1 fully saturated rings. The van der Waals surface area contributed by atoms with Crippen LogP contribution in [0.3, 0.4) is 0 Å². The molecule has 0 radical (unpaired) electrons. The Morgan fingerprint density at radius 3 is 1.47 bits per heavy atom. The predicted octanol–water partition coefficient (Wildman–Crippen LogP) is 4.61. The number of rotatable bonds is 8. The summed E-state index contributed by atoms with van der Waals surface area (Å²) < 4.78 is 0. The molecule has 0 saturated heterocycles. The van der Waals surface area contributed by atoms with E-state index in [0.29, 0.717) is 17.2 Å². The molecule has 0 heterocycles. The Hall–Kier alpha value is -2.34. The molecule has 172 valence electrons. The van der Waals surface area contributed by atoms with Gasteiger partial charge in [-0.2, -0.15) is 0 Å². The second kappa shape index (κ2) is 9.65. The maximum Gasteiger partial charge on any atom is 0.193 e. The molecule has 0 spiro atoms. The summed E-state index contributed by atoms with van der Waals surface area (Å²) in [4.78, 5) is 24.8. The molecule has 2 aromatic carbocycles. The van der Waals surface area contributed by atoms with Crippen molar-refractivity contribution in [2.75, 3.05) is 0 Å². The van der Waals surface area contributed by atoms with E-state index in [0.717, 1.165) is 24.0 Å². The minimum Gasteiger partial charge on any atom is -0.382 e. The Morgan fingerprint density at radius 2 is 1.12 bits per heavy atom. The predicted molar refractivity (Wildman–Crippen MR) is 126 cm³/mol. The quantitative estimate of drug-likeness (QED) is 0.525. The number of Topliss-reactive ketones (excluding diaryl/α,β-unsaturated/α-hetero) is 2. The number of hydrogen-bond acceptors (Lipinski definition) is 5. The molecule has 0 bridgehead atoms. The van der Waals surface area contributed by atoms with Gasteiger partial charge < -0.3 is 15.5 Å². The van der Waals surface area contributed by atoms with Crippen LogP contribution < -0.4 is 5.32 Å². The Bertz CT molecular complexity index is 858. The lowest BCUT2D eigenvalue weighted by molar-refractivity contribution is 0.0487. The van der Waals surface area contributed by atoms with Crippen LogP contribution in [0.25, 0.3) is 0 Å². The van der Waals surface area contributed by atoms with Crippen LogP contribution in [0, 0.1) is 0 Å². The topological polar surface area (TPSA) is 86.6 Å². The largest absolute Gasteiger partial charge is 0.382 e. The molecule has 5 heteroatoms. The number of aliphatic hydroxyl groups is 2. The second-order valence-electron chi connectivity index (χ2n) is 9.95. The smallest absolute Gasteiger partial charge is 0.193 e. The van der Waals surface area contributed by atoms with E-state index in [-0.39, 0.29) is 17.6 Å². The van der Waals surface area contributed by atoms with Gasteiger partial charge in [-0.15, -0.1) is 0 Å². The Morgan fingerprint density at radius 1 is 0.750 bits per heavy atom. The van der Waals surface area contributed by atoms with E-state index in [4.69, 9.17) is 0 Å². The first-order valence-corrected chi connectivity index (χ1v) is 11.5. The van der Waals surface area contributed by atoms with E-state index in [9.17, 15) is 19.8 Å². The van der Waals surface area contributed by atoms with Gasteiger partial charge in [-0.3, -0.25) is 9.59 Å². The summed E-state index contributed by atoms with van der Waals surface area (Å²) in [6, 6.07) is 15.1. The first kappa shape index (κ1) is 24.3. The van der Waals surface area contributed by atoms with Crippen molar-refractivity contribution in [3.63, 3.8) is 0 Å². The molecular weight excluding hydrogens is 402 g/mol. The molecule has 2 aromatic rings. The molecule has 32 heavy (non-hydrogen) atoms. The fourth-order valence-corrected chi connectivity index (χ4v) is 4.25. The highest BCUT2D eigenvalue weighted by Gasteiger charge is 2.27. The molecule has 0 amide bonds. The number of carbonyl (C=O) groups excluding carboxylic acids is 2. The maximum absolute atomic E-state index is 12.4. The van der Waals surface area contributed by atoms with Crippen molar-refractivity contribution in [2.24, 2.45) is 0 Å². The van der Waals surface area contributed by atoms with Gasteiger partial charge in [-0.05, 0) is 51.7 Å². The minimum atomic E-state index is -1.41. The van der Waals surface area contributed by atoms with Crippen LogP contribution in [0.1, 0.15) is 97.7 Å². The molecule has 1 aliphatic rings. The highest BCUT2D eigenvalue weighted by Crippen LogP contribution is 2.28. The molecule has 1 saturated carbocycles. The molecular formula is C27H35NO4. The molecule has 5 nitrogen and oxygen atoms in total. The van der Waals surface area contributed by atoms with Crippen LogP contribution in [0.5, 0.6) is 0 Å². The van der Waals surface area contributed by atoms with Crippen molar-refractivity contribution in [3.05, 3.63) is 70.8 Å². The Labute approximate surface area is 190 Å². The van der Waals surface area contributed by atoms with Gasteiger partial charge in [0.15, 0.2) is 11.6 Å². The number of ketones is 2. The van der Waals surface area contributed by atoms with Gasteiger partial charge in [0.05, 0.1) is 6.04 Å². The standard InChI is InChI=1S/C27H35NO4/c1-26(2,31)24(29)20-14-10-18(11-15-20)23(28-22-8-6-5-7-9-22)19-12-16-21(17-13-19)25(30)27(3,4)32/h10-17,22-23,28,31-32H,5-9H2,1-4H3. The van der Waals surface area contributed by atoms with Crippen LogP contribution in [-0.4, -0.2) is 39.0 Å². The highest BCUT2D eigenvalue weighted by molar-refractivity contribution is 6.02. The summed E-state index contributed by atoms with van der Waals surface area (Å²) >= 11 is 0. The van der Waals surface area contributed by atoms with Crippen molar-refractivity contribution < 1.29 is 19.8 Å². The van der Waals surface area contributed by atoms with Crippen molar-refractivity contribution in [3.8, 4) is 0 Å². The minimum absolute atomic E-state index is 0.0873. The fourth-order valence-electron chi connectivity index (χ4n) is 4.25. The lowest BCUT2D eigenvalue weighted by Crippen LogP contribution is -2.35. The summed E-state index contributed by atoms with van der Waals surface area (Å²) in [6.45, 7) is 5.97. The van der Waals surface area contributed by atoms with Crippen molar-refractivity contribution in [1.29, 1.82) is 0 Å². The lowest BCUT2D eigenvalue weighted by atomic mass is 9.89. The normalized spacial score (nSPS) is 15.7. The summed E-state index contributed by atoms with van der Waals surface area (Å²) in [5.41, 5.74) is 0.162. The van der Waals surface area contributed by atoms with Crippen LogP contribution in [-0.2, 0) is 0 Å². The Balaban J connectivity index is 1.90. The van der Waals surface area contributed by atoms with Gasteiger partial charge in [-0.25, -0.2) is 0 Å². The van der Waals surface area contributed by atoms with E-state index in [1.807, 2.05) is 24.3 Å². The maximum atomic E-state index is 12.4. The molecule has 0 aromatic heterocycles. The zero-order valence-corrected chi connectivity index (χ0v) is 19.5. The average Bonchev–Trinajstić information content (AvgIpc) is 2.76. The molecule has 0 unspecified atom stereocenters. The second-order valence-corrected chi connectivity index (χ2v) is 9.95. The van der Waals surface area contributed by atoms with Crippen LogP contribution in [0.15, 0.2) is 48.5 Å². The number of hydrogen-bond donors (Lipinski definition) is 3. The molecule has 0 aliphatic heterocycles. The monoisotopic (exact) mass is 437 g/mol. The third-order valence-electron chi connectivity index (χ3n) is 6.13. The van der Waals surface area contributed by atoms with E-state index >= 15 is 0 Å². The van der Waals surface area contributed by atoms with Gasteiger partial charge >= 0.3 is 0 Å². The van der Waals surface area contributed by atoms with E-state index in [1.54, 1.807) is 24.3 Å². The number of carbonyl (C=O) groups is 2. The summed E-state index contributed by atoms with van der Waals surface area (Å²) in [5.74, 6) is -0.620. The average molecular weight is 438 g/mol. The fraction of sp³-hybridized carbons (Fsp3) is 0.481. The van der Waals surface area contributed by atoms with Gasteiger partial charge in [0, 0.05) is 17.2 Å². The third kappa shape index (κ3) is 5.91. The first-order valence-electron chi connectivity index (χ1n) is 11.5. The van der Waals surface area contributed by atoms with Gasteiger partial charge in [0.1, 0.15) is 11.2 Å². The highest BCUT2D eigenvalue weighted by atomic mass is 16.3. The zero-order chi connectivity index (χ0) is 23.5. The number of nitrogens with one attached hydrogen (secondary N) is 1.